The third-order valence-corrected chi connectivity index (χ3v) is 2.86. The molecule has 4 N–H and O–H groups in total. The summed E-state index contributed by atoms with van der Waals surface area (Å²) in [6.45, 7) is 6.59. The first-order valence-corrected chi connectivity index (χ1v) is 6.75. The van der Waals surface area contributed by atoms with E-state index in [1.54, 1.807) is 0 Å². The Bertz CT molecular complexity index is 460. The molecule has 104 valence electrons. The van der Waals surface area contributed by atoms with Gasteiger partial charge in [-0.05, 0) is 25.0 Å². The molecule has 0 saturated carbocycles. The molecule has 0 heterocycles. The van der Waals surface area contributed by atoms with Gasteiger partial charge in [0, 0.05) is 17.8 Å². The minimum atomic E-state index is -0.339. The number of carbonyl (C=O) groups excluding carboxylic acids is 1. The maximum Gasteiger partial charge on any atom is 0.242 e. The predicted octanol–water partition coefficient (Wildman–Crippen LogP) is 1.89. The van der Waals surface area contributed by atoms with Crippen molar-refractivity contribution >= 4 is 28.8 Å². The fraction of sp³-hybridized carbons (Fsp3) is 0.429. The molecule has 0 fully saturated rings. The molecule has 1 aromatic carbocycles. The number of benzene rings is 1. The molecule has 1 atom stereocenters. The van der Waals surface area contributed by atoms with Crippen molar-refractivity contribution in [3.05, 3.63) is 29.8 Å². The maximum atomic E-state index is 11.9. The van der Waals surface area contributed by atoms with E-state index in [1.807, 2.05) is 31.2 Å². The molecule has 0 bridgehead atoms. The molecule has 5 heteroatoms. The number of rotatable bonds is 6. The number of amides is 1. The first-order valence-electron chi connectivity index (χ1n) is 6.35. The summed E-state index contributed by atoms with van der Waals surface area (Å²) in [5.41, 5.74) is 7.19. The van der Waals surface area contributed by atoms with Gasteiger partial charge in [-0.2, -0.15) is 0 Å². The number of anilines is 1. The maximum absolute atomic E-state index is 11.9. The summed E-state index contributed by atoms with van der Waals surface area (Å²) in [6.07, 6.45) is 0. The summed E-state index contributed by atoms with van der Waals surface area (Å²) >= 11 is 4.99. The highest BCUT2D eigenvalue weighted by atomic mass is 32.1. The molecule has 4 nitrogen and oxygen atoms in total. The summed E-state index contributed by atoms with van der Waals surface area (Å²) in [4.78, 5) is 12.2. The molecule has 0 aliphatic heterocycles. The predicted molar refractivity (Wildman–Crippen MR) is 83.3 cm³/mol. The summed E-state index contributed by atoms with van der Waals surface area (Å²) < 4.78 is 0. The van der Waals surface area contributed by atoms with Gasteiger partial charge in [0.15, 0.2) is 0 Å². The van der Waals surface area contributed by atoms with Crippen molar-refractivity contribution in [1.29, 1.82) is 0 Å². The molecular formula is C14H21N3OS. The van der Waals surface area contributed by atoms with Crippen LogP contribution in [0.15, 0.2) is 24.3 Å². The molecule has 1 aromatic rings. The quantitative estimate of drug-likeness (QED) is 0.696. The van der Waals surface area contributed by atoms with Gasteiger partial charge in [-0.15, -0.1) is 0 Å². The van der Waals surface area contributed by atoms with Gasteiger partial charge in [0.2, 0.25) is 5.91 Å². The Kier molecular flexibility index (Phi) is 5.76. The number of hydrogen-bond acceptors (Lipinski definition) is 3. The van der Waals surface area contributed by atoms with E-state index < -0.39 is 0 Å². The topological polar surface area (TPSA) is 67.2 Å². The van der Waals surface area contributed by atoms with E-state index in [1.165, 1.54) is 0 Å². The van der Waals surface area contributed by atoms with E-state index in [4.69, 9.17) is 18.0 Å². The molecule has 0 radical (unpaired) electrons. The van der Waals surface area contributed by atoms with E-state index in [0.29, 0.717) is 17.5 Å². The first-order chi connectivity index (χ1) is 8.91. The minimum absolute atomic E-state index is 0.0357. The smallest absolute Gasteiger partial charge is 0.242 e. The van der Waals surface area contributed by atoms with Crippen LogP contribution in [0.3, 0.4) is 0 Å². The lowest BCUT2D eigenvalue weighted by molar-refractivity contribution is -0.121. The summed E-state index contributed by atoms with van der Waals surface area (Å²) in [6, 6.07) is 7.10. The molecule has 0 aliphatic carbocycles. The van der Waals surface area contributed by atoms with Crippen LogP contribution in [0.1, 0.15) is 26.3 Å². The largest absolute Gasteiger partial charge is 0.389 e. The first kappa shape index (κ1) is 15.4. The van der Waals surface area contributed by atoms with Crippen LogP contribution >= 0.6 is 12.2 Å². The molecule has 1 rings (SSSR count). The molecule has 0 saturated heterocycles. The average molecular weight is 279 g/mol. The van der Waals surface area contributed by atoms with Crippen LogP contribution in [0.2, 0.25) is 0 Å². The zero-order valence-electron chi connectivity index (χ0n) is 11.6. The van der Waals surface area contributed by atoms with E-state index in [2.05, 4.69) is 24.5 Å². The fourth-order valence-electron chi connectivity index (χ4n) is 1.58. The number of para-hydroxylation sites is 1. The van der Waals surface area contributed by atoms with Crippen molar-refractivity contribution in [2.45, 2.75) is 26.8 Å². The van der Waals surface area contributed by atoms with Crippen molar-refractivity contribution < 1.29 is 4.79 Å². The van der Waals surface area contributed by atoms with Crippen LogP contribution in [0.5, 0.6) is 0 Å². The summed E-state index contributed by atoms with van der Waals surface area (Å²) in [5, 5.41) is 6.02. The van der Waals surface area contributed by atoms with Crippen LogP contribution in [0.25, 0.3) is 0 Å². The van der Waals surface area contributed by atoms with Gasteiger partial charge in [0.1, 0.15) is 11.0 Å². The lowest BCUT2D eigenvalue weighted by Crippen LogP contribution is -2.39. The van der Waals surface area contributed by atoms with Crippen LogP contribution in [0.4, 0.5) is 5.69 Å². The van der Waals surface area contributed by atoms with Gasteiger partial charge >= 0.3 is 0 Å². The van der Waals surface area contributed by atoms with Crippen molar-refractivity contribution in [3.63, 3.8) is 0 Å². The van der Waals surface area contributed by atoms with Crippen molar-refractivity contribution in [1.82, 2.24) is 5.32 Å². The molecule has 0 spiro atoms. The van der Waals surface area contributed by atoms with E-state index in [0.717, 1.165) is 11.3 Å². The Hall–Kier alpha value is -1.62. The van der Waals surface area contributed by atoms with Crippen molar-refractivity contribution in [2.75, 3.05) is 11.9 Å². The Morgan fingerprint density at radius 3 is 2.53 bits per heavy atom. The Balaban J connectivity index is 2.69. The van der Waals surface area contributed by atoms with Crippen molar-refractivity contribution in [2.24, 2.45) is 11.7 Å². The van der Waals surface area contributed by atoms with E-state index >= 15 is 0 Å². The van der Waals surface area contributed by atoms with Gasteiger partial charge in [0.05, 0.1) is 0 Å². The highest BCUT2D eigenvalue weighted by Crippen LogP contribution is 2.15. The lowest BCUT2D eigenvalue weighted by Gasteiger charge is -2.18. The van der Waals surface area contributed by atoms with E-state index in [9.17, 15) is 4.79 Å². The SMILES string of the molecule is CC(C)CNC(=O)C(C)Nc1ccccc1C(N)=S. The Labute approximate surface area is 119 Å². The molecule has 19 heavy (non-hydrogen) atoms. The molecule has 0 aromatic heterocycles. The Morgan fingerprint density at radius 2 is 1.95 bits per heavy atom. The highest BCUT2D eigenvalue weighted by Gasteiger charge is 2.14. The van der Waals surface area contributed by atoms with Crippen LogP contribution < -0.4 is 16.4 Å². The van der Waals surface area contributed by atoms with Crippen LogP contribution in [0, 0.1) is 5.92 Å². The Morgan fingerprint density at radius 1 is 1.32 bits per heavy atom. The number of nitrogens with two attached hydrogens (primary N) is 1. The number of thiocarbonyl (C=S) groups is 1. The third kappa shape index (κ3) is 4.87. The fourth-order valence-corrected chi connectivity index (χ4v) is 1.76. The van der Waals surface area contributed by atoms with Gasteiger partial charge in [0.25, 0.3) is 0 Å². The standard InChI is InChI=1S/C14H21N3OS/c1-9(2)8-16-14(18)10(3)17-12-7-5-4-6-11(12)13(15)19/h4-7,9-10,17H,8H2,1-3H3,(H2,15,19)(H,16,18). The normalized spacial score (nSPS) is 12.0. The molecule has 1 unspecified atom stereocenters. The second-order valence-electron chi connectivity index (χ2n) is 4.91. The number of nitrogens with one attached hydrogen (secondary N) is 2. The minimum Gasteiger partial charge on any atom is -0.389 e. The number of hydrogen-bond donors (Lipinski definition) is 3. The monoisotopic (exact) mass is 279 g/mol. The van der Waals surface area contributed by atoms with Gasteiger partial charge in [-0.25, -0.2) is 0 Å². The van der Waals surface area contributed by atoms with Gasteiger partial charge < -0.3 is 16.4 Å². The van der Waals surface area contributed by atoms with Crippen LogP contribution in [-0.2, 0) is 4.79 Å². The zero-order valence-corrected chi connectivity index (χ0v) is 12.4. The molecule has 1 amide bonds. The van der Waals surface area contributed by atoms with E-state index in [-0.39, 0.29) is 11.9 Å². The third-order valence-electron chi connectivity index (χ3n) is 2.64. The van der Waals surface area contributed by atoms with Crippen molar-refractivity contribution in [3.8, 4) is 0 Å². The number of carbonyl (C=O) groups is 1. The van der Waals surface area contributed by atoms with Crippen LogP contribution in [-0.4, -0.2) is 23.5 Å². The lowest BCUT2D eigenvalue weighted by atomic mass is 10.1. The second-order valence-corrected chi connectivity index (χ2v) is 5.35. The highest BCUT2D eigenvalue weighted by molar-refractivity contribution is 7.80. The molecular weight excluding hydrogens is 258 g/mol. The zero-order chi connectivity index (χ0) is 14.4. The summed E-state index contributed by atoms with van der Waals surface area (Å²) in [7, 11) is 0. The van der Waals surface area contributed by atoms with Gasteiger partial charge in [-0.3, -0.25) is 4.79 Å². The summed E-state index contributed by atoms with van der Waals surface area (Å²) in [5.74, 6) is 0.395. The average Bonchev–Trinajstić information content (AvgIpc) is 2.36. The molecule has 0 aliphatic rings. The van der Waals surface area contributed by atoms with Gasteiger partial charge in [-0.1, -0.05) is 38.2 Å². The second kappa shape index (κ2) is 7.09.